The molecule has 0 radical (unpaired) electrons. The third-order valence-corrected chi connectivity index (χ3v) is 4.39. The number of carbonyl (C=O) groups excluding carboxylic acids is 1. The molecule has 1 aromatic carbocycles. The van der Waals surface area contributed by atoms with E-state index in [4.69, 9.17) is 4.74 Å². The Labute approximate surface area is 135 Å². The van der Waals surface area contributed by atoms with Crippen LogP contribution in [0, 0.1) is 0 Å². The predicted molar refractivity (Wildman–Crippen MR) is 83.8 cm³/mol. The van der Waals surface area contributed by atoms with Gasteiger partial charge in [0.25, 0.3) is 5.91 Å². The smallest absolute Gasteiger partial charge is 0.260 e. The number of amides is 1. The van der Waals surface area contributed by atoms with Crippen LogP contribution in [0.5, 0.6) is 5.75 Å². The molecule has 1 amide bonds. The van der Waals surface area contributed by atoms with Crippen molar-refractivity contribution >= 4 is 37.8 Å². The molecular weight excluding hydrogens is 390 g/mol. The van der Waals surface area contributed by atoms with Crippen LogP contribution in [0.15, 0.2) is 27.1 Å². The quantitative estimate of drug-likeness (QED) is 0.839. The number of β-amino-alcohol motifs (C(OH)–C–C–N with tert-alkyl or cyclic N) is 1. The number of nitrogens with zero attached hydrogens (tertiary/aromatic N) is 1. The van der Waals surface area contributed by atoms with Crippen LogP contribution < -0.4 is 4.74 Å². The second kappa shape index (κ2) is 6.45. The largest absolute Gasteiger partial charge is 0.483 e. The first-order valence-corrected chi connectivity index (χ1v) is 8.04. The summed E-state index contributed by atoms with van der Waals surface area (Å²) in [4.78, 5) is 13.8. The summed E-state index contributed by atoms with van der Waals surface area (Å²) >= 11 is 6.75. The number of halogens is 2. The van der Waals surface area contributed by atoms with Crippen molar-refractivity contribution in [2.24, 2.45) is 0 Å². The molecule has 1 aromatic rings. The van der Waals surface area contributed by atoms with Gasteiger partial charge in [-0.25, -0.2) is 0 Å². The van der Waals surface area contributed by atoms with Crippen LogP contribution in [-0.4, -0.2) is 41.2 Å². The van der Waals surface area contributed by atoms with Crippen LogP contribution >= 0.6 is 31.9 Å². The van der Waals surface area contributed by atoms with Gasteiger partial charge in [0.1, 0.15) is 5.75 Å². The van der Waals surface area contributed by atoms with Crippen LogP contribution in [0.2, 0.25) is 0 Å². The summed E-state index contributed by atoms with van der Waals surface area (Å²) in [6, 6.07) is 5.52. The summed E-state index contributed by atoms with van der Waals surface area (Å²) in [6.07, 6.45) is 1.55. The number of hydrogen-bond donors (Lipinski definition) is 1. The van der Waals surface area contributed by atoms with Gasteiger partial charge in [0.2, 0.25) is 0 Å². The minimum absolute atomic E-state index is 0.0175. The fourth-order valence-electron chi connectivity index (χ4n) is 2.26. The van der Waals surface area contributed by atoms with Crippen LogP contribution in [0.3, 0.4) is 0 Å². The molecule has 1 aliphatic rings. The van der Waals surface area contributed by atoms with E-state index in [0.29, 0.717) is 18.8 Å². The van der Waals surface area contributed by atoms with E-state index in [1.165, 1.54) is 0 Å². The minimum atomic E-state index is -0.786. The summed E-state index contributed by atoms with van der Waals surface area (Å²) in [5.41, 5.74) is -0.786. The van der Waals surface area contributed by atoms with Gasteiger partial charge in [0.05, 0.1) is 10.1 Å². The highest BCUT2D eigenvalue weighted by atomic mass is 79.9. The van der Waals surface area contributed by atoms with E-state index >= 15 is 0 Å². The molecule has 1 atom stereocenters. The molecule has 0 aromatic heterocycles. The number of likely N-dealkylation sites (tertiary alicyclic amines) is 1. The zero-order valence-electron chi connectivity index (χ0n) is 11.2. The molecular formula is C14H17Br2NO3. The van der Waals surface area contributed by atoms with Crippen LogP contribution in [0.4, 0.5) is 0 Å². The molecule has 1 aliphatic heterocycles. The van der Waals surface area contributed by atoms with Gasteiger partial charge in [-0.1, -0.05) is 15.9 Å². The van der Waals surface area contributed by atoms with Crippen molar-refractivity contribution in [1.29, 1.82) is 0 Å². The van der Waals surface area contributed by atoms with Crippen molar-refractivity contribution in [3.8, 4) is 5.75 Å². The Kier molecular flexibility index (Phi) is 5.09. The van der Waals surface area contributed by atoms with Gasteiger partial charge >= 0.3 is 0 Å². The maximum absolute atomic E-state index is 12.1. The number of hydrogen-bond acceptors (Lipinski definition) is 3. The van der Waals surface area contributed by atoms with Crippen molar-refractivity contribution in [3.05, 3.63) is 27.1 Å². The van der Waals surface area contributed by atoms with E-state index in [2.05, 4.69) is 31.9 Å². The summed E-state index contributed by atoms with van der Waals surface area (Å²) in [5.74, 6) is 0.533. The van der Waals surface area contributed by atoms with Crippen LogP contribution in [-0.2, 0) is 4.79 Å². The molecule has 1 heterocycles. The van der Waals surface area contributed by atoms with Crippen molar-refractivity contribution in [3.63, 3.8) is 0 Å². The Hall–Kier alpha value is -0.590. The summed E-state index contributed by atoms with van der Waals surface area (Å²) in [7, 11) is 0. The Morgan fingerprint density at radius 3 is 2.90 bits per heavy atom. The van der Waals surface area contributed by atoms with E-state index < -0.39 is 5.60 Å². The Morgan fingerprint density at radius 2 is 2.25 bits per heavy atom. The normalized spacial score (nSPS) is 22.7. The highest BCUT2D eigenvalue weighted by molar-refractivity contribution is 9.11. The van der Waals surface area contributed by atoms with E-state index in [0.717, 1.165) is 21.8 Å². The average molecular weight is 407 g/mol. The maximum Gasteiger partial charge on any atom is 0.260 e. The lowest BCUT2D eigenvalue weighted by atomic mass is 9.95. The van der Waals surface area contributed by atoms with Crippen LogP contribution in [0.25, 0.3) is 0 Å². The number of piperidine rings is 1. The molecule has 1 saturated heterocycles. The minimum Gasteiger partial charge on any atom is -0.483 e. The predicted octanol–water partition coefficient (Wildman–Crippen LogP) is 2.96. The molecule has 0 aliphatic carbocycles. The first-order valence-electron chi connectivity index (χ1n) is 6.45. The molecule has 0 bridgehead atoms. The van der Waals surface area contributed by atoms with E-state index in [9.17, 15) is 9.90 Å². The number of aliphatic hydroxyl groups is 1. The Bertz CT molecular complexity index is 505. The average Bonchev–Trinajstić information content (AvgIpc) is 2.36. The number of rotatable bonds is 3. The lowest BCUT2D eigenvalue weighted by Crippen LogP contribution is -2.49. The van der Waals surface area contributed by atoms with E-state index in [1.54, 1.807) is 17.9 Å². The first-order chi connectivity index (χ1) is 9.37. The second-order valence-corrected chi connectivity index (χ2v) is 7.05. The zero-order valence-corrected chi connectivity index (χ0v) is 14.4. The standard InChI is InChI=1S/C14H17Br2NO3/c1-14(19)5-2-6-17(9-14)13(18)8-20-12-4-3-10(15)7-11(12)16/h3-4,7,19H,2,5-6,8-9H2,1H3. The van der Waals surface area contributed by atoms with Gasteiger partial charge in [-0.3, -0.25) is 4.79 Å². The van der Waals surface area contributed by atoms with Crippen molar-refractivity contribution in [2.75, 3.05) is 19.7 Å². The fraction of sp³-hybridized carbons (Fsp3) is 0.500. The van der Waals surface area contributed by atoms with Crippen molar-refractivity contribution in [2.45, 2.75) is 25.4 Å². The summed E-state index contributed by atoms with van der Waals surface area (Å²) < 4.78 is 7.27. The van der Waals surface area contributed by atoms with Gasteiger partial charge in [0.15, 0.2) is 6.61 Å². The molecule has 1 fully saturated rings. The third-order valence-electron chi connectivity index (χ3n) is 3.27. The Balaban J connectivity index is 1.92. The molecule has 20 heavy (non-hydrogen) atoms. The number of carbonyl (C=O) groups is 1. The number of ether oxygens (including phenoxy) is 1. The molecule has 1 unspecified atom stereocenters. The third kappa shape index (κ3) is 4.20. The SMILES string of the molecule is CC1(O)CCCN(C(=O)COc2ccc(Br)cc2Br)C1. The summed E-state index contributed by atoms with van der Waals surface area (Å²) in [6.45, 7) is 2.80. The summed E-state index contributed by atoms with van der Waals surface area (Å²) in [5, 5.41) is 10.0. The molecule has 4 nitrogen and oxygen atoms in total. The van der Waals surface area contributed by atoms with Crippen LogP contribution in [0.1, 0.15) is 19.8 Å². The fourth-order valence-corrected chi connectivity index (χ4v) is 3.42. The van der Waals surface area contributed by atoms with Gasteiger partial charge in [-0.2, -0.15) is 0 Å². The van der Waals surface area contributed by atoms with Gasteiger partial charge in [-0.05, 0) is 53.9 Å². The lowest BCUT2D eigenvalue weighted by molar-refractivity contribution is -0.139. The highest BCUT2D eigenvalue weighted by Gasteiger charge is 2.30. The number of benzene rings is 1. The van der Waals surface area contributed by atoms with E-state index in [1.807, 2.05) is 12.1 Å². The van der Waals surface area contributed by atoms with Gasteiger partial charge in [-0.15, -0.1) is 0 Å². The highest BCUT2D eigenvalue weighted by Crippen LogP contribution is 2.28. The molecule has 0 spiro atoms. The Morgan fingerprint density at radius 1 is 1.50 bits per heavy atom. The topological polar surface area (TPSA) is 49.8 Å². The first kappa shape index (κ1) is 15.8. The molecule has 6 heteroatoms. The van der Waals surface area contributed by atoms with Crippen molar-refractivity contribution in [1.82, 2.24) is 4.90 Å². The molecule has 2 rings (SSSR count). The maximum atomic E-state index is 12.1. The second-order valence-electron chi connectivity index (χ2n) is 5.28. The lowest BCUT2D eigenvalue weighted by Gasteiger charge is -2.36. The zero-order chi connectivity index (χ0) is 14.8. The molecule has 110 valence electrons. The monoisotopic (exact) mass is 405 g/mol. The van der Waals surface area contributed by atoms with Gasteiger partial charge in [0, 0.05) is 17.6 Å². The van der Waals surface area contributed by atoms with E-state index in [-0.39, 0.29) is 12.5 Å². The van der Waals surface area contributed by atoms with Gasteiger partial charge < -0.3 is 14.7 Å². The molecule has 1 N–H and O–H groups in total. The van der Waals surface area contributed by atoms with Crippen molar-refractivity contribution < 1.29 is 14.6 Å². The molecule has 0 saturated carbocycles.